The standard InChI is InChI=1S/C59H69O14P/c1-59(2)70-41-52(72-59)33-34-74(60,71-40-47-23-15-8-16-24-47)73-58-56(68-42-63-35-44-17-9-5-10-18-44)54(65-37-46-21-13-7-14-22-46)53(66-38-48-25-29-50(61-3)30-26-48)55(67-39-49-27-31-51(62-4)32-28-49)57(58)69-43-64-36-45-19-11-6-12-20-45/h5-32,52-58H,33-43H2,1-4H3/t52-,53+,54+,55-,56+,57+,58+,74?/m0/s1. The Morgan fingerprint density at radius 2 is 0.824 bits per heavy atom. The summed E-state index contributed by atoms with van der Waals surface area (Å²) < 4.78 is 100. The molecule has 6 aromatic rings. The van der Waals surface area contributed by atoms with Crippen molar-refractivity contribution in [2.24, 2.45) is 0 Å². The monoisotopic (exact) mass is 1030 g/mol. The van der Waals surface area contributed by atoms with Crippen molar-refractivity contribution in [2.75, 3.05) is 40.6 Å². The first-order chi connectivity index (χ1) is 36.2. The molecule has 1 aliphatic carbocycles. The van der Waals surface area contributed by atoms with Crippen LogP contribution in [0.25, 0.3) is 0 Å². The fraction of sp³-hybridized carbons (Fsp3) is 0.390. The number of hydrogen-bond acceptors (Lipinski definition) is 14. The Labute approximate surface area is 435 Å². The Morgan fingerprint density at radius 1 is 0.459 bits per heavy atom. The lowest BCUT2D eigenvalue weighted by Crippen LogP contribution is -2.67. The van der Waals surface area contributed by atoms with Crippen LogP contribution in [0.4, 0.5) is 0 Å². The molecule has 1 saturated heterocycles. The first-order valence-electron chi connectivity index (χ1n) is 25.0. The van der Waals surface area contributed by atoms with Crippen LogP contribution in [-0.2, 0) is 95.9 Å². The predicted molar refractivity (Wildman–Crippen MR) is 278 cm³/mol. The van der Waals surface area contributed by atoms with Crippen LogP contribution in [0.1, 0.15) is 53.6 Å². The molecule has 1 aliphatic heterocycles. The molecule has 2 fully saturated rings. The van der Waals surface area contributed by atoms with Crippen molar-refractivity contribution < 1.29 is 65.7 Å². The van der Waals surface area contributed by atoms with Crippen molar-refractivity contribution >= 4 is 7.60 Å². The summed E-state index contributed by atoms with van der Waals surface area (Å²) in [7, 11) is -0.907. The average molecular weight is 1030 g/mol. The summed E-state index contributed by atoms with van der Waals surface area (Å²) in [5.74, 6) is 0.601. The zero-order chi connectivity index (χ0) is 51.4. The summed E-state index contributed by atoms with van der Waals surface area (Å²) in [6.45, 7) is 4.52. The third-order valence-electron chi connectivity index (χ3n) is 12.7. The molecule has 0 radical (unpaired) electrons. The van der Waals surface area contributed by atoms with Crippen molar-refractivity contribution in [3.63, 3.8) is 0 Å². The molecule has 0 bridgehead atoms. The van der Waals surface area contributed by atoms with Gasteiger partial charge in [-0.3, -0.25) is 9.09 Å². The minimum absolute atomic E-state index is 0.00525. The summed E-state index contributed by atoms with van der Waals surface area (Å²) in [6, 6.07) is 54.3. The Balaban J connectivity index is 1.21. The summed E-state index contributed by atoms with van der Waals surface area (Å²) >= 11 is 0. The summed E-state index contributed by atoms with van der Waals surface area (Å²) in [6.07, 6.45) is -6.30. The average Bonchev–Trinajstić information content (AvgIpc) is 3.81. The molecule has 8 rings (SSSR count). The maximum absolute atomic E-state index is 15.9. The van der Waals surface area contributed by atoms with Gasteiger partial charge in [-0.25, -0.2) is 0 Å². The fourth-order valence-corrected chi connectivity index (χ4v) is 10.6. The van der Waals surface area contributed by atoms with Gasteiger partial charge in [0.2, 0.25) is 0 Å². The van der Waals surface area contributed by atoms with Crippen LogP contribution in [0.15, 0.2) is 170 Å². The maximum atomic E-state index is 15.9. The second kappa shape index (κ2) is 28.0. The molecule has 6 aromatic carbocycles. The molecule has 394 valence electrons. The second-order valence-corrected chi connectivity index (χ2v) is 20.7. The van der Waals surface area contributed by atoms with E-state index < -0.39 is 50.0 Å². The molecular formula is C59H69O14P. The fourth-order valence-electron chi connectivity index (χ4n) is 8.79. The minimum Gasteiger partial charge on any atom is -0.497 e. The quantitative estimate of drug-likeness (QED) is 0.0250. The van der Waals surface area contributed by atoms with Crippen LogP contribution in [0.2, 0.25) is 0 Å². The molecule has 1 unspecified atom stereocenters. The summed E-state index contributed by atoms with van der Waals surface area (Å²) in [4.78, 5) is 0. The van der Waals surface area contributed by atoms with Gasteiger partial charge in [0.15, 0.2) is 5.79 Å². The van der Waals surface area contributed by atoms with Crippen LogP contribution < -0.4 is 9.47 Å². The van der Waals surface area contributed by atoms with Crippen molar-refractivity contribution in [3.8, 4) is 11.5 Å². The van der Waals surface area contributed by atoms with E-state index in [-0.39, 0.29) is 65.5 Å². The molecule has 0 spiro atoms. The third-order valence-corrected chi connectivity index (χ3v) is 14.6. The van der Waals surface area contributed by atoms with E-state index in [2.05, 4.69) is 0 Å². The lowest BCUT2D eigenvalue weighted by molar-refractivity contribution is -0.295. The van der Waals surface area contributed by atoms with E-state index in [1.165, 1.54) is 0 Å². The first-order valence-corrected chi connectivity index (χ1v) is 26.8. The highest BCUT2D eigenvalue weighted by Gasteiger charge is 2.57. The number of methoxy groups -OCH3 is 2. The molecule has 0 amide bonds. The number of benzene rings is 6. The first kappa shape index (κ1) is 55.0. The van der Waals surface area contributed by atoms with Crippen LogP contribution in [0.3, 0.4) is 0 Å². The van der Waals surface area contributed by atoms with Crippen LogP contribution in [0, 0.1) is 0 Å². The lowest BCUT2D eigenvalue weighted by atomic mass is 9.83. The van der Waals surface area contributed by atoms with Gasteiger partial charge < -0.3 is 56.6 Å². The third kappa shape index (κ3) is 16.6. The zero-order valence-electron chi connectivity index (χ0n) is 42.6. The van der Waals surface area contributed by atoms with Crippen LogP contribution in [-0.4, -0.2) is 89.1 Å². The SMILES string of the molecule is COc1ccc(CO[C@@H]2[C@@H](OCc3ccccc3)[C@@H](OCOCc3ccccc3)[C@@H](OP(=O)(CC[C@H]3COC(C)(C)O3)OCc3ccccc3)[C@H](OCOCc3ccccc3)[C@H]2OCc2ccc(OC)cc2)cc1. The van der Waals surface area contributed by atoms with Gasteiger partial charge in [0.25, 0.3) is 0 Å². The van der Waals surface area contributed by atoms with E-state index in [9.17, 15) is 0 Å². The van der Waals surface area contributed by atoms with Crippen molar-refractivity contribution in [1.82, 2.24) is 0 Å². The van der Waals surface area contributed by atoms with Gasteiger partial charge in [0.05, 0.1) is 72.7 Å². The Kier molecular flexibility index (Phi) is 20.8. The van der Waals surface area contributed by atoms with Crippen LogP contribution >= 0.6 is 7.60 Å². The number of hydrogen-bond donors (Lipinski definition) is 0. The van der Waals surface area contributed by atoms with Gasteiger partial charge >= 0.3 is 7.60 Å². The summed E-state index contributed by atoms with van der Waals surface area (Å²) in [5, 5.41) is 0. The number of rotatable bonds is 29. The van der Waals surface area contributed by atoms with Crippen LogP contribution in [0.5, 0.6) is 11.5 Å². The van der Waals surface area contributed by atoms with E-state index in [1.807, 2.05) is 184 Å². The molecule has 2 aliphatic rings. The minimum atomic E-state index is -4.16. The molecule has 1 saturated carbocycles. The predicted octanol–water partition coefficient (Wildman–Crippen LogP) is 11.2. The second-order valence-electron chi connectivity index (χ2n) is 18.6. The van der Waals surface area contributed by atoms with Crippen molar-refractivity contribution in [3.05, 3.63) is 203 Å². The van der Waals surface area contributed by atoms with Gasteiger partial charge in [0, 0.05) is 0 Å². The highest BCUT2D eigenvalue weighted by Crippen LogP contribution is 2.54. The molecule has 1 heterocycles. The molecule has 0 N–H and O–H groups in total. The van der Waals surface area contributed by atoms with Crippen molar-refractivity contribution in [1.29, 1.82) is 0 Å². The molecule has 0 aromatic heterocycles. The highest BCUT2D eigenvalue weighted by molar-refractivity contribution is 7.53. The molecule has 8 atom stereocenters. The number of ether oxygens (including phenoxy) is 11. The van der Waals surface area contributed by atoms with E-state index >= 15 is 4.57 Å². The van der Waals surface area contributed by atoms with Gasteiger partial charge in [-0.15, -0.1) is 0 Å². The van der Waals surface area contributed by atoms with Gasteiger partial charge in [-0.1, -0.05) is 146 Å². The topological polar surface area (TPSA) is 137 Å². The van der Waals surface area contributed by atoms with Gasteiger partial charge in [0.1, 0.15) is 61.7 Å². The van der Waals surface area contributed by atoms with E-state index in [0.29, 0.717) is 24.5 Å². The molecule has 14 nitrogen and oxygen atoms in total. The van der Waals surface area contributed by atoms with Crippen molar-refractivity contribution in [2.45, 2.75) is 108 Å². The largest absolute Gasteiger partial charge is 0.497 e. The van der Waals surface area contributed by atoms with E-state index in [0.717, 1.165) is 33.4 Å². The zero-order valence-corrected chi connectivity index (χ0v) is 43.5. The molecular weight excluding hydrogens is 964 g/mol. The van der Waals surface area contributed by atoms with E-state index in [4.69, 9.17) is 61.2 Å². The Morgan fingerprint density at radius 3 is 1.20 bits per heavy atom. The summed E-state index contributed by atoms with van der Waals surface area (Å²) in [5.41, 5.74) is 5.33. The van der Waals surface area contributed by atoms with Gasteiger partial charge in [-0.2, -0.15) is 0 Å². The molecule has 74 heavy (non-hydrogen) atoms. The Bertz CT molecular complexity index is 2560. The lowest BCUT2D eigenvalue weighted by Gasteiger charge is -2.50. The highest BCUT2D eigenvalue weighted by atomic mass is 31.2. The maximum Gasteiger partial charge on any atom is 0.331 e. The van der Waals surface area contributed by atoms with Gasteiger partial charge in [-0.05, 0) is 77.9 Å². The normalized spacial score (nSPS) is 22.2. The Hall–Kier alpha value is -5.29. The molecule has 15 heteroatoms. The smallest absolute Gasteiger partial charge is 0.331 e. The van der Waals surface area contributed by atoms with E-state index in [1.54, 1.807) is 14.2 Å².